The van der Waals surface area contributed by atoms with Crippen molar-refractivity contribution in [2.24, 2.45) is 0 Å². The molecule has 0 unspecified atom stereocenters. The zero-order valence-corrected chi connectivity index (χ0v) is 26.5. The summed E-state index contributed by atoms with van der Waals surface area (Å²) in [6, 6.07) is 33.4. The second-order valence-corrected chi connectivity index (χ2v) is 15.2. The summed E-state index contributed by atoms with van der Waals surface area (Å²) < 4.78 is 52.7. The minimum absolute atomic E-state index is 0.186. The van der Waals surface area contributed by atoms with Gasteiger partial charge in [0.1, 0.15) is 5.75 Å². The second-order valence-electron chi connectivity index (χ2n) is 11.6. The molecule has 0 aliphatic heterocycles. The molecule has 0 spiro atoms. The highest BCUT2D eigenvalue weighted by molar-refractivity contribution is 7.89. The van der Waals surface area contributed by atoms with Crippen LogP contribution < -0.4 is 14.2 Å². The number of hydrogen-bond acceptors (Lipinski definition) is 4. The van der Waals surface area contributed by atoms with E-state index in [0.29, 0.717) is 12.2 Å². The third-order valence-corrected chi connectivity index (χ3v) is 10.4. The molecule has 0 radical (unpaired) electrons. The molecule has 4 rings (SSSR count). The second kappa shape index (κ2) is 13.3. The van der Waals surface area contributed by atoms with E-state index in [1.54, 1.807) is 31.4 Å². The van der Waals surface area contributed by atoms with Crippen molar-refractivity contribution >= 4 is 21.0 Å². The topological polar surface area (TPSA) is 84.5 Å². The van der Waals surface area contributed by atoms with Crippen LogP contribution in [-0.2, 0) is 33.0 Å². The molecule has 6 nitrogen and oxygen atoms in total. The van der Waals surface area contributed by atoms with E-state index in [9.17, 15) is 12.6 Å². The van der Waals surface area contributed by atoms with E-state index in [-0.39, 0.29) is 11.3 Å². The van der Waals surface area contributed by atoms with Gasteiger partial charge in [-0.1, -0.05) is 90.5 Å². The number of ether oxygens (including phenoxy) is 1. The first-order valence-electron chi connectivity index (χ1n) is 13.9. The van der Waals surface area contributed by atoms with Gasteiger partial charge in [0.2, 0.25) is 10.0 Å². The van der Waals surface area contributed by atoms with Crippen LogP contribution in [0.1, 0.15) is 55.5 Å². The summed E-state index contributed by atoms with van der Waals surface area (Å²) in [5.41, 5.74) is 2.79. The van der Waals surface area contributed by atoms with Crippen molar-refractivity contribution in [2.75, 3.05) is 7.11 Å². The summed E-state index contributed by atoms with van der Waals surface area (Å²) in [6.45, 7) is 7.70. The Kier molecular flexibility index (Phi) is 10.0. The number of methoxy groups -OCH3 is 1. The molecule has 4 aromatic carbocycles. The summed E-state index contributed by atoms with van der Waals surface area (Å²) >= 11 is 0. The van der Waals surface area contributed by atoms with Crippen LogP contribution in [0.25, 0.3) is 0 Å². The van der Waals surface area contributed by atoms with Gasteiger partial charge >= 0.3 is 0 Å². The van der Waals surface area contributed by atoms with Gasteiger partial charge in [0, 0.05) is 6.04 Å². The zero-order chi connectivity index (χ0) is 30.4. The van der Waals surface area contributed by atoms with Gasteiger partial charge in [-0.15, -0.1) is 0 Å². The van der Waals surface area contributed by atoms with E-state index in [4.69, 9.17) is 4.74 Å². The predicted octanol–water partition coefficient (Wildman–Crippen LogP) is 6.60. The van der Waals surface area contributed by atoms with Crippen molar-refractivity contribution in [3.05, 3.63) is 131 Å². The first kappa shape index (κ1) is 31.6. The third-order valence-electron chi connectivity index (χ3n) is 7.22. The lowest BCUT2D eigenvalue weighted by Crippen LogP contribution is -2.51. The molecule has 42 heavy (non-hydrogen) atoms. The van der Waals surface area contributed by atoms with Crippen LogP contribution in [0, 0.1) is 6.92 Å². The lowest BCUT2D eigenvalue weighted by Gasteiger charge is -2.40. The highest BCUT2D eigenvalue weighted by atomic mass is 32.2. The Hall–Kier alpha value is -3.30. The molecule has 0 saturated carbocycles. The predicted molar refractivity (Wildman–Crippen MR) is 171 cm³/mol. The van der Waals surface area contributed by atoms with Gasteiger partial charge in [-0.3, -0.25) is 0 Å². The van der Waals surface area contributed by atoms with Gasteiger partial charge in [0.25, 0.3) is 0 Å². The van der Waals surface area contributed by atoms with Crippen molar-refractivity contribution < 1.29 is 17.4 Å². The molecule has 0 fully saturated rings. The van der Waals surface area contributed by atoms with Crippen LogP contribution >= 0.6 is 0 Å². The van der Waals surface area contributed by atoms with E-state index in [2.05, 4.69) is 9.44 Å². The summed E-state index contributed by atoms with van der Waals surface area (Å²) in [7, 11) is -3.78. The van der Waals surface area contributed by atoms with E-state index >= 15 is 0 Å². The number of aryl methyl sites for hydroxylation is 1. The summed E-state index contributed by atoms with van der Waals surface area (Å²) in [5, 5.41) is 0. The minimum atomic E-state index is -3.91. The highest BCUT2D eigenvalue weighted by Gasteiger charge is 2.40. The van der Waals surface area contributed by atoms with Crippen molar-refractivity contribution in [1.82, 2.24) is 9.44 Å². The van der Waals surface area contributed by atoms with Gasteiger partial charge in [-0.2, -0.15) is 0 Å². The molecular formula is C34H40N2O4S2. The van der Waals surface area contributed by atoms with Crippen LogP contribution in [0.15, 0.2) is 114 Å². The lowest BCUT2D eigenvalue weighted by atomic mass is 9.78. The molecule has 0 amide bonds. The van der Waals surface area contributed by atoms with Gasteiger partial charge < -0.3 is 4.74 Å². The fourth-order valence-electron chi connectivity index (χ4n) is 4.85. The van der Waals surface area contributed by atoms with Gasteiger partial charge in [-0.05, 0) is 81.5 Å². The molecule has 0 aliphatic rings. The molecular weight excluding hydrogens is 565 g/mol. The van der Waals surface area contributed by atoms with Gasteiger partial charge in [0.15, 0.2) is 0 Å². The Labute approximate surface area is 253 Å². The average molecular weight is 605 g/mol. The molecule has 4 aromatic rings. The largest absolute Gasteiger partial charge is 0.497 e. The van der Waals surface area contributed by atoms with Crippen molar-refractivity contribution in [2.45, 2.75) is 61.8 Å². The molecule has 222 valence electrons. The normalized spacial score (nSPS) is 15.0. The van der Waals surface area contributed by atoms with Crippen LogP contribution in [0.3, 0.4) is 0 Å². The molecule has 2 N–H and O–H groups in total. The van der Waals surface area contributed by atoms with Crippen LogP contribution in [0.4, 0.5) is 0 Å². The molecule has 0 aromatic heterocycles. The average Bonchev–Trinajstić information content (AvgIpc) is 2.97. The van der Waals surface area contributed by atoms with Gasteiger partial charge in [0.05, 0.1) is 33.3 Å². The Morgan fingerprint density at radius 2 is 1.38 bits per heavy atom. The van der Waals surface area contributed by atoms with E-state index in [0.717, 1.165) is 22.3 Å². The molecule has 8 heteroatoms. The van der Waals surface area contributed by atoms with Crippen molar-refractivity contribution in [1.29, 1.82) is 0 Å². The SMILES string of the molecule is COc1ccc([C@H](C[C@](Cc2ccccc2)(N[S@@](=O)C(C)(C)C)c2ccccc2)NS(=O)(=O)c2ccc(C)cc2)cc1. The number of hydrogen-bond donors (Lipinski definition) is 2. The monoisotopic (exact) mass is 604 g/mol. The van der Waals surface area contributed by atoms with E-state index in [1.807, 2.05) is 113 Å². The van der Waals surface area contributed by atoms with Crippen molar-refractivity contribution in [3.8, 4) is 5.75 Å². The van der Waals surface area contributed by atoms with Gasteiger partial charge in [-0.25, -0.2) is 22.1 Å². The molecule has 0 saturated heterocycles. The smallest absolute Gasteiger partial charge is 0.241 e. The summed E-state index contributed by atoms with van der Waals surface area (Å²) in [6.07, 6.45) is 0.768. The van der Waals surface area contributed by atoms with E-state index < -0.39 is 37.3 Å². The number of sulfonamides is 1. The number of rotatable bonds is 12. The summed E-state index contributed by atoms with van der Waals surface area (Å²) in [4.78, 5) is 0.186. The van der Waals surface area contributed by atoms with E-state index in [1.165, 1.54) is 0 Å². The lowest BCUT2D eigenvalue weighted by molar-refractivity contribution is 0.325. The Morgan fingerprint density at radius 3 is 1.93 bits per heavy atom. The molecule has 0 aliphatic carbocycles. The molecule has 0 heterocycles. The first-order valence-corrected chi connectivity index (χ1v) is 16.6. The molecule has 3 atom stereocenters. The minimum Gasteiger partial charge on any atom is -0.497 e. The summed E-state index contributed by atoms with van der Waals surface area (Å²) in [5.74, 6) is 0.671. The maximum absolute atomic E-state index is 13.8. The number of benzene rings is 4. The van der Waals surface area contributed by atoms with Crippen LogP contribution in [0.5, 0.6) is 5.75 Å². The fraction of sp³-hybridized carbons (Fsp3) is 0.294. The number of nitrogens with one attached hydrogen (secondary N) is 2. The third kappa shape index (κ3) is 7.95. The zero-order valence-electron chi connectivity index (χ0n) is 24.8. The maximum Gasteiger partial charge on any atom is 0.241 e. The fourth-order valence-corrected chi connectivity index (χ4v) is 7.00. The quantitative estimate of drug-likeness (QED) is 0.191. The molecule has 0 bridgehead atoms. The Morgan fingerprint density at radius 1 is 0.810 bits per heavy atom. The standard InChI is InChI=1S/C34H40N2O4S2/c1-26-16-22-31(23-17-26)42(38,39)35-32(28-18-20-30(40-5)21-19-28)25-34(29-14-10-7-11-15-29,36-41(37)33(2,3)4)24-27-12-8-6-9-13-27/h6-23,32,35-36H,24-25H2,1-5H3/t32-,34-,41-/m0/s1. The maximum atomic E-state index is 13.8. The van der Waals surface area contributed by atoms with Crippen molar-refractivity contribution in [3.63, 3.8) is 0 Å². The Bertz CT molecular complexity index is 1570. The first-order chi connectivity index (χ1) is 19.9. The highest BCUT2D eigenvalue weighted by Crippen LogP contribution is 2.38. The van der Waals surface area contributed by atoms with Crippen LogP contribution in [0.2, 0.25) is 0 Å². The Balaban J connectivity index is 1.88. The van der Waals surface area contributed by atoms with Crippen LogP contribution in [-0.4, -0.2) is 24.5 Å².